The summed E-state index contributed by atoms with van der Waals surface area (Å²) in [6.07, 6.45) is 3.09. The molecule has 0 aliphatic carbocycles. The van der Waals surface area contributed by atoms with Gasteiger partial charge in [-0.25, -0.2) is 0 Å². The lowest BCUT2D eigenvalue weighted by molar-refractivity contribution is 0.0406. The first kappa shape index (κ1) is 19.4. The van der Waals surface area contributed by atoms with Crippen LogP contribution in [0.15, 0.2) is 72.8 Å². The van der Waals surface area contributed by atoms with Crippen molar-refractivity contribution in [2.75, 3.05) is 6.61 Å². The summed E-state index contributed by atoms with van der Waals surface area (Å²) in [5, 5.41) is 0. The Balaban J connectivity index is 1.97. The van der Waals surface area contributed by atoms with Crippen molar-refractivity contribution in [2.45, 2.75) is 44.4 Å². The maximum Gasteiger partial charge on any atom is 0.0703 e. The van der Waals surface area contributed by atoms with Crippen molar-refractivity contribution < 1.29 is 4.74 Å². The molecule has 134 valence electrons. The highest BCUT2D eigenvalue weighted by molar-refractivity contribution is 5.17. The Morgan fingerprint density at radius 1 is 1.00 bits per heavy atom. The topological polar surface area (TPSA) is 61.3 Å². The molecule has 0 amide bonds. The predicted molar refractivity (Wildman–Crippen MR) is 105 cm³/mol. The van der Waals surface area contributed by atoms with E-state index < -0.39 is 5.66 Å². The van der Waals surface area contributed by atoms with Crippen LogP contribution in [0.1, 0.15) is 30.9 Å². The number of benzene rings is 2. The number of hydrogen-bond donors (Lipinski definition) is 2. The third-order valence-corrected chi connectivity index (χ3v) is 4.15. The van der Waals surface area contributed by atoms with Crippen LogP contribution < -0.4 is 11.5 Å². The van der Waals surface area contributed by atoms with Gasteiger partial charge in [0.05, 0.1) is 18.4 Å². The standard InChI is InChI=1S/C22H30N2O/c1-18(2)17-25-21(14-13-19-9-5-3-6-10-19)16-22(23,24)15-20-11-7-4-8-12-20/h3-12,21H,1,13-17,23-24H2,2H3. The zero-order chi connectivity index (χ0) is 18.1. The SMILES string of the molecule is C=C(C)COC(CCc1ccccc1)CC(N)(N)Cc1ccccc1. The molecule has 2 rings (SSSR count). The van der Waals surface area contributed by atoms with Crippen molar-refractivity contribution in [3.05, 3.63) is 83.9 Å². The number of ether oxygens (including phenoxy) is 1. The van der Waals surface area contributed by atoms with Gasteiger partial charge in [0.2, 0.25) is 0 Å². The van der Waals surface area contributed by atoms with E-state index in [0.29, 0.717) is 19.4 Å². The Hall–Kier alpha value is -1.94. The molecule has 0 aromatic heterocycles. The van der Waals surface area contributed by atoms with Crippen molar-refractivity contribution in [2.24, 2.45) is 11.5 Å². The van der Waals surface area contributed by atoms with Gasteiger partial charge < -0.3 is 16.2 Å². The van der Waals surface area contributed by atoms with Crippen molar-refractivity contribution in [3.8, 4) is 0 Å². The van der Waals surface area contributed by atoms with Crippen LogP contribution in [-0.2, 0) is 17.6 Å². The Morgan fingerprint density at radius 2 is 1.56 bits per heavy atom. The van der Waals surface area contributed by atoms with Gasteiger partial charge in [-0.2, -0.15) is 0 Å². The van der Waals surface area contributed by atoms with Gasteiger partial charge in [-0.05, 0) is 30.9 Å². The summed E-state index contributed by atoms with van der Waals surface area (Å²) in [5.74, 6) is 0. The van der Waals surface area contributed by atoms with Crippen molar-refractivity contribution >= 4 is 0 Å². The van der Waals surface area contributed by atoms with Gasteiger partial charge in [0.25, 0.3) is 0 Å². The molecular formula is C22H30N2O. The molecule has 3 heteroatoms. The highest BCUT2D eigenvalue weighted by Gasteiger charge is 2.25. The minimum atomic E-state index is -0.794. The van der Waals surface area contributed by atoms with E-state index >= 15 is 0 Å². The first-order valence-electron chi connectivity index (χ1n) is 8.86. The van der Waals surface area contributed by atoms with Gasteiger partial charge in [-0.1, -0.05) is 72.8 Å². The lowest BCUT2D eigenvalue weighted by atomic mass is 9.93. The lowest BCUT2D eigenvalue weighted by Crippen LogP contribution is -2.53. The summed E-state index contributed by atoms with van der Waals surface area (Å²) in [6.45, 7) is 6.43. The van der Waals surface area contributed by atoms with Crippen LogP contribution >= 0.6 is 0 Å². The van der Waals surface area contributed by atoms with E-state index in [4.69, 9.17) is 16.2 Å². The van der Waals surface area contributed by atoms with Gasteiger partial charge in [0.15, 0.2) is 0 Å². The van der Waals surface area contributed by atoms with Gasteiger partial charge in [0, 0.05) is 12.8 Å². The third-order valence-electron chi connectivity index (χ3n) is 4.15. The van der Waals surface area contributed by atoms with Gasteiger partial charge >= 0.3 is 0 Å². The largest absolute Gasteiger partial charge is 0.374 e. The average Bonchev–Trinajstić information content (AvgIpc) is 2.58. The second kappa shape index (κ2) is 9.52. The molecule has 0 spiro atoms. The quantitative estimate of drug-likeness (QED) is 0.511. The molecule has 0 aliphatic heterocycles. The molecule has 2 aromatic carbocycles. The number of hydrogen-bond acceptors (Lipinski definition) is 3. The minimum absolute atomic E-state index is 0.00983. The van der Waals surface area contributed by atoms with E-state index in [0.717, 1.165) is 24.0 Å². The fourth-order valence-electron chi connectivity index (χ4n) is 2.95. The van der Waals surface area contributed by atoms with Gasteiger partial charge in [-0.3, -0.25) is 0 Å². The smallest absolute Gasteiger partial charge is 0.0703 e. The number of rotatable bonds is 10. The van der Waals surface area contributed by atoms with Crippen molar-refractivity contribution in [1.82, 2.24) is 0 Å². The van der Waals surface area contributed by atoms with Crippen LogP contribution in [0.25, 0.3) is 0 Å². The molecule has 0 aliphatic rings. The van der Waals surface area contributed by atoms with E-state index in [-0.39, 0.29) is 6.10 Å². The normalized spacial score (nSPS) is 12.8. The van der Waals surface area contributed by atoms with E-state index in [1.807, 2.05) is 31.2 Å². The fraction of sp³-hybridized carbons (Fsp3) is 0.364. The Morgan fingerprint density at radius 3 is 2.12 bits per heavy atom. The third kappa shape index (κ3) is 7.65. The summed E-state index contributed by atoms with van der Waals surface area (Å²) in [4.78, 5) is 0. The van der Waals surface area contributed by atoms with Crippen molar-refractivity contribution in [3.63, 3.8) is 0 Å². The number of aryl methyl sites for hydroxylation is 1. The molecule has 0 bridgehead atoms. The molecule has 1 unspecified atom stereocenters. The molecule has 0 fully saturated rings. The molecule has 3 nitrogen and oxygen atoms in total. The summed E-state index contributed by atoms with van der Waals surface area (Å²) in [7, 11) is 0. The maximum atomic E-state index is 6.40. The second-order valence-corrected chi connectivity index (χ2v) is 7.01. The second-order valence-electron chi connectivity index (χ2n) is 7.01. The fourth-order valence-corrected chi connectivity index (χ4v) is 2.95. The zero-order valence-electron chi connectivity index (χ0n) is 15.2. The van der Waals surface area contributed by atoms with Crippen LogP contribution in [0.2, 0.25) is 0 Å². The first-order valence-corrected chi connectivity index (χ1v) is 8.86. The zero-order valence-corrected chi connectivity index (χ0v) is 15.2. The summed E-state index contributed by atoms with van der Waals surface area (Å²) in [6, 6.07) is 20.6. The highest BCUT2D eigenvalue weighted by Crippen LogP contribution is 2.18. The van der Waals surface area contributed by atoms with Crippen LogP contribution in [0.5, 0.6) is 0 Å². The molecule has 0 radical (unpaired) electrons. The molecule has 25 heavy (non-hydrogen) atoms. The minimum Gasteiger partial charge on any atom is -0.374 e. The Labute approximate surface area is 151 Å². The van der Waals surface area contributed by atoms with E-state index in [9.17, 15) is 0 Å². The summed E-state index contributed by atoms with van der Waals surface area (Å²) >= 11 is 0. The van der Waals surface area contributed by atoms with Crippen molar-refractivity contribution in [1.29, 1.82) is 0 Å². The predicted octanol–water partition coefficient (Wildman–Crippen LogP) is 3.83. The number of nitrogens with two attached hydrogens (primary N) is 2. The molecular weight excluding hydrogens is 308 g/mol. The Kier molecular flexibility index (Phi) is 7.38. The molecule has 0 saturated carbocycles. The first-order chi connectivity index (χ1) is 11.9. The van der Waals surface area contributed by atoms with Crippen LogP contribution in [0.4, 0.5) is 0 Å². The summed E-state index contributed by atoms with van der Waals surface area (Å²) in [5.41, 5.74) is 15.5. The van der Waals surface area contributed by atoms with Crippen LogP contribution in [0, 0.1) is 0 Å². The maximum absolute atomic E-state index is 6.40. The van der Waals surface area contributed by atoms with E-state index in [1.165, 1.54) is 5.56 Å². The Bertz CT molecular complexity index is 638. The van der Waals surface area contributed by atoms with Crippen LogP contribution in [0.3, 0.4) is 0 Å². The van der Waals surface area contributed by atoms with E-state index in [2.05, 4.69) is 43.0 Å². The van der Waals surface area contributed by atoms with Gasteiger partial charge in [0.1, 0.15) is 0 Å². The molecule has 1 atom stereocenters. The summed E-state index contributed by atoms with van der Waals surface area (Å²) < 4.78 is 6.04. The lowest BCUT2D eigenvalue weighted by Gasteiger charge is -2.30. The van der Waals surface area contributed by atoms with E-state index in [1.54, 1.807) is 0 Å². The molecule has 0 saturated heterocycles. The molecule has 0 heterocycles. The average molecular weight is 338 g/mol. The van der Waals surface area contributed by atoms with Gasteiger partial charge in [-0.15, -0.1) is 0 Å². The monoisotopic (exact) mass is 338 g/mol. The molecule has 4 N–H and O–H groups in total. The van der Waals surface area contributed by atoms with Crippen LogP contribution in [-0.4, -0.2) is 18.4 Å². The molecule has 2 aromatic rings. The highest BCUT2D eigenvalue weighted by atomic mass is 16.5.